The van der Waals surface area contributed by atoms with Gasteiger partial charge in [0.25, 0.3) is 0 Å². The van der Waals surface area contributed by atoms with Gasteiger partial charge in [-0.2, -0.15) is 0 Å². The standard InChI is InChI=1S/C17H19Cl2NO/c1-11-5-6-12(17(2,3)4)15(9-11)21-16-8-7-13(19)14(10-18)20-16/h5-9H,10H2,1-4H3. The maximum Gasteiger partial charge on any atom is 0.219 e. The molecule has 1 heterocycles. The molecule has 0 bridgehead atoms. The van der Waals surface area contributed by atoms with Gasteiger partial charge in [0.15, 0.2) is 0 Å². The summed E-state index contributed by atoms with van der Waals surface area (Å²) in [6.45, 7) is 8.51. The summed E-state index contributed by atoms with van der Waals surface area (Å²) in [4.78, 5) is 4.35. The summed E-state index contributed by atoms with van der Waals surface area (Å²) >= 11 is 11.9. The summed E-state index contributed by atoms with van der Waals surface area (Å²) in [6.07, 6.45) is 0. The van der Waals surface area contributed by atoms with Gasteiger partial charge >= 0.3 is 0 Å². The zero-order valence-electron chi connectivity index (χ0n) is 12.7. The van der Waals surface area contributed by atoms with Gasteiger partial charge in [-0.15, -0.1) is 11.6 Å². The number of halogens is 2. The molecule has 2 rings (SSSR count). The molecule has 0 aliphatic rings. The molecule has 0 N–H and O–H groups in total. The molecular formula is C17H19Cl2NO. The van der Waals surface area contributed by atoms with Crippen molar-refractivity contribution in [2.45, 2.75) is 39.0 Å². The topological polar surface area (TPSA) is 22.1 Å². The van der Waals surface area contributed by atoms with Crippen LogP contribution in [0.2, 0.25) is 5.02 Å². The Balaban J connectivity index is 2.41. The van der Waals surface area contributed by atoms with Crippen molar-refractivity contribution in [2.24, 2.45) is 0 Å². The molecule has 112 valence electrons. The number of hydrogen-bond acceptors (Lipinski definition) is 2. The quantitative estimate of drug-likeness (QED) is 0.659. The Morgan fingerprint density at radius 1 is 1.14 bits per heavy atom. The SMILES string of the molecule is Cc1ccc(C(C)(C)C)c(Oc2ccc(Cl)c(CCl)n2)c1. The van der Waals surface area contributed by atoms with E-state index in [1.54, 1.807) is 12.1 Å². The van der Waals surface area contributed by atoms with Gasteiger partial charge < -0.3 is 4.74 Å². The minimum absolute atomic E-state index is 0.00915. The lowest BCUT2D eigenvalue weighted by Gasteiger charge is -2.23. The minimum Gasteiger partial charge on any atom is -0.439 e. The average molecular weight is 324 g/mol. The maximum atomic E-state index is 6.03. The fourth-order valence-corrected chi connectivity index (χ4v) is 2.51. The van der Waals surface area contributed by atoms with E-state index >= 15 is 0 Å². The number of hydrogen-bond donors (Lipinski definition) is 0. The molecule has 0 spiro atoms. The average Bonchev–Trinajstić information content (AvgIpc) is 2.39. The Kier molecular flexibility index (Phi) is 4.80. The van der Waals surface area contributed by atoms with E-state index in [1.165, 1.54) is 0 Å². The van der Waals surface area contributed by atoms with Crippen LogP contribution in [0.1, 0.15) is 37.6 Å². The summed E-state index contributed by atoms with van der Waals surface area (Å²) in [5, 5.41) is 0.553. The third-order valence-electron chi connectivity index (χ3n) is 3.18. The number of benzene rings is 1. The monoisotopic (exact) mass is 323 g/mol. The molecule has 1 aromatic heterocycles. The third-order valence-corrected chi connectivity index (χ3v) is 3.78. The van der Waals surface area contributed by atoms with Crippen molar-refractivity contribution in [3.05, 3.63) is 52.2 Å². The van der Waals surface area contributed by atoms with Crippen LogP contribution >= 0.6 is 23.2 Å². The molecule has 0 amide bonds. The van der Waals surface area contributed by atoms with Crippen molar-refractivity contribution < 1.29 is 4.74 Å². The number of aromatic nitrogens is 1. The first-order valence-corrected chi connectivity index (χ1v) is 7.73. The van der Waals surface area contributed by atoms with Gasteiger partial charge in [-0.3, -0.25) is 0 Å². The van der Waals surface area contributed by atoms with Gasteiger partial charge in [-0.1, -0.05) is 44.5 Å². The van der Waals surface area contributed by atoms with E-state index in [-0.39, 0.29) is 11.3 Å². The van der Waals surface area contributed by atoms with Crippen LogP contribution in [0.4, 0.5) is 0 Å². The highest BCUT2D eigenvalue weighted by atomic mass is 35.5. The van der Waals surface area contributed by atoms with Crippen LogP contribution in [0, 0.1) is 6.92 Å². The van der Waals surface area contributed by atoms with Gasteiger partial charge in [-0.05, 0) is 30.0 Å². The van der Waals surface area contributed by atoms with E-state index in [0.29, 0.717) is 16.6 Å². The van der Waals surface area contributed by atoms with Crippen molar-refractivity contribution in [1.82, 2.24) is 4.98 Å². The molecule has 0 aliphatic carbocycles. The lowest BCUT2D eigenvalue weighted by molar-refractivity contribution is 0.438. The first kappa shape index (κ1) is 16.1. The number of alkyl halides is 1. The van der Waals surface area contributed by atoms with Crippen molar-refractivity contribution >= 4 is 23.2 Å². The van der Waals surface area contributed by atoms with Crippen LogP contribution < -0.4 is 4.74 Å². The smallest absolute Gasteiger partial charge is 0.219 e. The van der Waals surface area contributed by atoms with Crippen LogP contribution in [0.5, 0.6) is 11.6 Å². The van der Waals surface area contributed by atoms with E-state index < -0.39 is 0 Å². The third kappa shape index (κ3) is 3.90. The molecule has 0 saturated heterocycles. The van der Waals surface area contributed by atoms with Gasteiger partial charge in [0.05, 0.1) is 16.6 Å². The van der Waals surface area contributed by atoms with E-state index in [4.69, 9.17) is 27.9 Å². The van der Waals surface area contributed by atoms with Crippen LogP contribution in [-0.4, -0.2) is 4.98 Å². The van der Waals surface area contributed by atoms with E-state index in [0.717, 1.165) is 16.9 Å². The number of ether oxygens (including phenoxy) is 1. The Labute approximate surface area is 136 Å². The first-order valence-electron chi connectivity index (χ1n) is 6.81. The summed E-state index contributed by atoms with van der Waals surface area (Å²) < 4.78 is 5.99. The molecule has 0 fully saturated rings. The summed E-state index contributed by atoms with van der Waals surface area (Å²) in [5.41, 5.74) is 2.90. The molecule has 4 heteroatoms. The maximum absolute atomic E-state index is 6.03. The van der Waals surface area contributed by atoms with Crippen molar-refractivity contribution in [1.29, 1.82) is 0 Å². The summed E-state index contributed by atoms with van der Waals surface area (Å²) in [7, 11) is 0. The molecule has 0 aliphatic heterocycles. The van der Waals surface area contributed by atoms with Crippen LogP contribution in [0.15, 0.2) is 30.3 Å². The molecule has 0 saturated carbocycles. The van der Waals surface area contributed by atoms with Gasteiger partial charge in [0, 0.05) is 11.6 Å². The van der Waals surface area contributed by atoms with E-state index in [2.05, 4.69) is 37.9 Å². The molecule has 0 unspecified atom stereocenters. The Bertz CT molecular complexity index is 648. The Morgan fingerprint density at radius 2 is 1.86 bits per heavy atom. The summed E-state index contributed by atoms with van der Waals surface area (Å²) in [6, 6.07) is 9.73. The molecule has 21 heavy (non-hydrogen) atoms. The van der Waals surface area contributed by atoms with E-state index in [9.17, 15) is 0 Å². The van der Waals surface area contributed by atoms with Crippen molar-refractivity contribution in [3.63, 3.8) is 0 Å². The second kappa shape index (κ2) is 6.25. The Hall–Kier alpha value is -1.25. The number of pyridine rings is 1. The zero-order valence-corrected chi connectivity index (χ0v) is 14.2. The van der Waals surface area contributed by atoms with Crippen LogP contribution in [-0.2, 0) is 11.3 Å². The second-order valence-electron chi connectivity index (χ2n) is 6.06. The van der Waals surface area contributed by atoms with Crippen LogP contribution in [0.3, 0.4) is 0 Å². The number of aryl methyl sites for hydroxylation is 1. The molecule has 0 atom stereocenters. The second-order valence-corrected chi connectivity index (χ2v) is 6.74. The molecule has 1 aromatic carbocycles. The van der Waals surface area contributed by atoms with Gasteiger partial charge in [0.1, 0.15) is 5.75 Å². The zero-order chi connectivity index (χ0) is 15.6. The number of nitrogens with zero attached hydrogens (tertiary/aromatic N) is 1. The van der Waals surface area contributed by atoms with Crippen molar-refractivity contribution in [3.8, 4) is 11.6 Å². The fraction of sp³-hybridized carbons (Fsp3) is 0.353. The molecular weight excluding hydrogens is 305 g/mol. The highest BCUT2D eigenvalue weighted by Gasteiger charge is 2.19. The predicted molar refractivity (Wildman–Crippen MR) is 88.8 cm³/mol. The Morgan fingerprint density at radius 3 is 2.48 bits per heavy atom. The largest absolute Gasteiger partial charge is 0.439 e. The summed E-state index contributed by atoms with van der Waals surface area (Å²) in [5.74, 6) is 1.58. The van der Waals surface area contributed by atoms with Gasteiger partial charge in [-0.25, -0.2) is 4.98 Å². The molecule has 2 nitrogen and oxygen atoms in total. The highest BCUT2D eigenvalue weighted by Crippen LogP contribution is 2.35. The highest BCUT2D eigenvalue weighted by molar-refractivity contribution is 6.32. The first-order chi connectivity index (χ1) is 9.81. The van der Waals surface area contributed by atoms with Crippen molar-refractivity contribution in [2.75, 3.05) is 0 Å². The lowest BCUT2D eigenvalue weighted by Crippen LogP contribution is -2.12. The fourth-order valence-electron chi connectivity index (χ4n) is 2.06. The normalized spacial score (nSPS) is 11.5. The number of rotatable bonds is 3. The van der Waals surface area contributed by atoms with E-state index in [1.807, 2.05) is 13.0 Å². The molecule has 2 aromatic rings. The minimum atomic E-state index is -0.00915. The predicted octanol–water partition coefficient (Wildman–Crippen LogP) is 5.87. The molecule has 0 radical (unpaired) electrons. The lowest BCUT2D eigenvalue weighted by atomic mass is 9.86. The van der Waals surface area contributed by atoms with Gasteiger partial charge in [0.2, 0.25) is 5.88 Å². The van der Waals surface area contributed by atoms with Crippen LogP contribution in [0.25, 0.3) is 0 Å².